The highest BCUT2D eigenvalue weighted by Crippen LogP contribution is 2.29. The van der Waals surface area contributed by atoms with Crippen LogP contribution in [0.4, 0.5) is 5.13 Å². The third-order valence-corrected chi connectivity index (χ3v) is 7.42. The number of benzene rings is 3. The molecular weight excluding hydrogens is 506 g/mol. The maximum absolute atomic E-state index is 12.9. The Hall–Kier alpha value is -3.97. The molecule has 202 valence electrons. The van der Waals surface area contributed by atoms with Gasteiger partial charge in [-0.2, -0.15) is 0 Å². The molecule has 1 atom stereocenters. The number of carboxylic acid groups (broad SMARTS) is 1. The fourth-order valence-electron chi connectivity index (χ4n) is 4.18. The number of rotatable bonds is 11. The third kappa shape index (κ3) is 8.01. The Kier molecular flexibility index (Phi) is 9.15. The summed E-state index contributed by atoms with van der Waals surface area (Å²) in [5.74, 6) is -1.46. The summed E-state index contributed by atoms with van der Waals surface area (Å²) in [5.41, 5.74) is 4.65. The molecule has 0 spiro atoms. The first kappa shape index (κ1) is 28.0. The highest BCUT2D eigenvalue weighted by Gasteiger charge is 2.22. The quantitative estimate of drug-likeness (QED) is 0.239. The summed E-state index contributed by atoms with van der Waals surface area (Å²) in [4.78, 5) is 31.9. The summed E-state index contributed by atoms with van der Waals surface area (Å²) in [6.45, 7) is 7.96. The molecule has 0 saturated carbocycles. The molecule has 1 heterocycles. The lowest BCUT2D eigenvalue weighted by atomic mass is 9.93. The number of carboxylic acids is 1. The summed E-state index contributed by atoms with van der Waals surface area (Å²) in [7, 11) is 0. The predicted molar refractivity (Wildman–Crippen MR) is 157 cm³/mol. The molecular formula is C32H35N3O3S. The van der Waals surface area contributed by atoms with E-state index in [1.807, 2.05) is 48.5 Å². The second kappa shape index (κ2) is 12.7. The van der Waals surface area contributed by atoms with Gasteiger partial charge in [0.25, 0.3) is 5.91 Å². The van der Waals surface area contributed by atoms with Gasteiger partial charge < -0.3 is 15.3 Å². The molecule has 1 amide bonds. The monoisotopic (exact) mass is 541 g/mol. The summed E-state index contributed by atoms with van der Waals surface area (Å²) in [5, 5.41) is 15.4. The van der Waals surface area contributed by atoms with Crippen LogP contribution in [0.25, 0.3) is 0 Å². The molecule has 4 aromatic rings. The van der Waals surface area contributed by atoms with Gasteiger partial charge in [-0.15, -0.1) is 11.3 Å². The SMILES string of the molecule is CC(C)(C)c1csc(N(CCc2ccccc2)Cc2ccc(C(=O)NC(Cc3ccccc3)C(=O)O)cc2)n1. The number of carbonyl (C=O) groups is 2. The van der Waals surface area contributed by atoms with Crippen LogP contribution in [0.1, 0.15) is 53.5 Å². The van der Waals surface area contributed by atoms with Crippen molar-refractivity contribution in [3.63, 3.8) is 0 Å². The van der Waals surface area contributed by atoms with Gasteiger partial charge in [-0.3, -0.25) is 4.79 Å². The molecule has 0 aliphatic heterocycles. The number of carbonyl (C=O) groups excluding carboxylic acids is 1. The van der Waals surface area contributed by atoms with Crippen molar-refractivity contribution in [3.8, 4) is 0 Å². The van der Waals surface area contributed by atoms with E-state index < -0.39 is 17.9 Å². The molecule has 4 rings (SSSR count). The third-order valence-electron chi connectivity index (χ3n) is 6.52. The maximum atomic E-state index is 12.9. The number of aromatic nitrogens is 1. The summed E-state index contributed by atoms with van der Waals surface area (Å²) in [6, 6.07) is 26.1. The first-order valence-electron chi connectivity index (χ1n) is 13.1. The van der Waals surface area contributed by atoms with Crippen LogP contribution in [0.5, 0.6) is 0 Å². The van der Waals surface area contributed by atoms with Crippen LogP contribution in [0.15, 0.2) is 90.3 Å². The van der Waals surface area contributed by atoms with Crippen molar-refractivity contribution in [3.05, 3.63) is 118 Å². The summed E-state index contributed by atoms with van der Waals surface area (Å²) < 4.78 is 0. The fraction of sp³-hybridized carbons (Fsp3) is 0.281. The molecule has 1 aromatic heterocycles. The summed E-state index contributed by atoms with van der Waals surface area (Å²) in [6.07, 6.45) is 1.12. The van der Waals surface area contributed by atoms with Gasteiger partial charge in [-0.05, 0) is 35.2 Å². The molecule has 3 aromatic carbocycles. The van der Waals surface area contributed by atoms with Crippen molar-refractivity contribution in [2.75, 3.05) is 11.4 Å². The number of hydrogen-bond acceptors (Lipinski definition) is 5. The number of nitrogens with one attached hydrogen (secondary N) is 1. The fourth-order valence-corrected chi connectivity index (χ4v) is 5.26. The van der Waals surface area contributed by atoms with Crippen molar-refractivity contribution in [2.45, 2.75) is 51.6 Å². The normalized spacial score (nSPS) is 12.1. The molecule has 39 heavy (non-hydrogen) atoms. The van der Waals surface area contributed by atoms with Crippen molar-refractivity contribution in [1.29, 1.82) is 0 Å². The standard InChI is InChI=1S/C32H35N3O3S/c1-32(2,3)28-22-39-31(34-28)35(19-18-23-10-6-4-7-11-23)21-25-14-16-26(17-15-25)29(36)33-27(30(37)38)20-24-12-8-5-9-13-24/h4-17,22,27H,18-21H2,1-3H3,(H,33,36)(H,37,38). The summed E-state index contributed by atoms with van der Waals surface area (Å²) >= 11 is 1.65. The van der Waals surface area contributed by atoms with Crippen LogP contribution >= 0.6 is 11.3 Å². The van der Waals surface area contributed by atoms with Crippen LogP contribution < -0.4 is 10.2 Å². The Labute approximate surface area is 234 Å². The van der Waals surface area contributed by atoms with Crippen LogP contribution in [0.3, 0.4) is 0 Å². The van der Waals surface area contributed by atoms with E-state index in [1.165, 1.54) is 5.56 Å². The van der Waals surface area contributed by atoms with Crippen LogP contribution in [0, 0.1) is 0 Å². The number of nitrogens with zero attached hydrogens (tertiary/aromatic N) is 2. The van der Waals surface area contributed by atoms with Gasteiger partial charge in [0.1, 0.15) is 6.04 Å². The number of aliphatic carboxylic acids is 1. The Morgan fingerprint density at radius 1 is 0.897 bits per heavy atom. The molecule has 6 nitrogen and oxygen atoms in total. The Morgan fingerprint density at radius 2 is 1.51 bits per heavy atom. The van der Waals surface area contributed by atoms with E-state index in [2.05, 4.69) is 60.6 Å². The van der Waals surface area contributed by atoms with Gasteiger partial charge in [-0.1, -0.05) is 93.6 Å². The van der Waals surface area contributed by atoms with Gasteiger partial charge in [0.2, 0.25) is 0 Å². The highest BCUT2D eigenvalue weighted by atomic mass is 32.1. The highest BCUT2D eigenvalue weighted by molar-refractivity contribution is 7.13. The van der Waals surface area contributed by atoms with Crippen molar-refractivity contribution >= 4 is 28.3 Å². The van der Waals surface area contributed by atoms with E-state index in [4.69, 9.17) is 4.98 Å². The molecule has 2 N–H and O–H groups in total. The largest absolute Gasteiger partial charge is 0.480 e. The molecule has 1 unspecified atom stereocenters. The first-order chi connectivity index (χ1) is 18.7. The van der Waals surface area contributed by atoms with Gasteiger partial charge in [-0.25, -0.2) is 9.78 Å². The van der Waals surface area contributed by atoms with Gasteiger partial charge in [0, 0.05) is 35.9 Å². The molecule has 0 saturated heterocycles. The van der Waals surface area contributed by atoms with Crippen LogP contribution in [-0.2, 0) is 29.6 Å². The van der Waals surface area contributed by atoms with Crippen molar-refractivity contribution in [2.24, 2.45) is 0 Å². The lowest BCUT2D eigenvalue weighted by Gasteiger charge is -2.23. The molecule has 7 heteroatoms. The van der Waals surface area contributed by atoms with Crippen LogP contribution in [0.2, 0.25) is 0 Å². The van der Waals surface area contributed by atoms with Crippen LogP contribution in [-0.4, -0.2) is 34.6 Å². The average Bonchev–Trinajstić information content (AvgIpc) is 3.43. The zero-order valence-corrected chi connectivity index (χ0v) is 23.4. The Morgan fingerprint density at radius 3 is 2.08 bits per heavy atom. The van der Waals surface area contributed by atoms with Crippen molar-refractivity contribution in [1.82, 2.24) is 10.3 Å². The van der Waals surface area contributed by atoms with Gasteiger partial charge >= 0.3 is 5.97 Å². The smallest absolute Gasteiger partial charge is 0.326 e. The second-order valence-corrected chi connectivity index (χ2v) is 11.5. The van der Waals surface area contributed by atoms with Crippen molar-refractivity contribution < 1.29 is 14.7 Å². The second-order valence-electron chi connectivity index (χ2n) is 10.7. The number of amides is 1. The average molecular weight is 542 g/mol. The minimum atomic E-state index is -1.06. The number of thiazole rings is 1. The van der Waals surface area contributed by atoms with Gasteiger partial charge in [0.15, 0.2) is 5.13 Å². The predicted octanol–water partition coefficient (Wildman–Crippen LogP) is 6.12. The lowest BCUT2D eigenvalue weighted by molar-refractivity contribution is -0.139. The molecule has 0 bridgehead atoms. The number of anilines is 1. The Bertz CT molecular complexity index is 1360. The van der Waals surface area contributed by atoms with Gasteiger partial charge in [0.05, 0.1) is 5.69 Å². The topological polar surface area (TPSA) is 82.5 Å². The van der Waals surface area contributed by atoms with E-state index in [-0.39, 0.29) is 11.8 Å². The Balaban J connectivity index is 1.45. The molecule has 0 aliphatic carbocycles. The maximum Gasteiger partial charge on any atom is 0.326 e. The van der Waals surface area contributed by atoms with E-state index in [0.29, 0.717) is 12.1 Å². The van der Waals surface area contributed by atoms with E-state index in [9.17, 15) is 14.7 Å². The van der Waals surface area contributed by atoms with E-state index >= 15 is 0 Å². The zero-order valence-electron chi connectivity index (χ0n) is 22.6. The van der Waals surface area contributed by atoms with E-state index in [1.54, 1.807) is 23.5 Å². The molecule has 0 radical (unpaired) electrons. The molecule has 0 fully saturated rings. The van der Waals surface area contributed by atoms with E-state index in [0.717, 1.165) is 34.9 Å². The number of hydrogen-bond donors (Lipinski definition) is 2. The first-order valence-corrected chi connectivity index (χ1v) is 14.0. The molecule has 0 aliphatic rings. The minimum absolute atomic E-state index is 0.0246. The lowest BCUT2D eigenvalue weighted by Crippen LogP contribution is -2.42. The minimum Gasteiger partial charge on any atom is -0.480 e. The zero-order chi connectivity index (χ0) is 27.8.